The fraction of sp³-hybridized carbons (Fsp3) is 0.435. The molecule has 1 fully saturated rings. The number of fused-ring (bicyclic) bond motifs is 1. The largest absolute Gasteiger partial charge is 0.573 e. The van der Waals surface area contributed by atoms with E-state index in [0.717, 1.165) is 24.8 Å². The Labute approximate surface area is 196 Å². The Morgan fingerprint density at radius 3 is 2.41 bits per heavy atom. The number of benzene rings is 2. The predicted molar refractivity (Wildman–Crippen MR) is 123 cm³/mol. The van der Waals surface area contributed by atoms with Gasteiger partial charge in [0.25, 0.3) is 0 Å². The number of halogens is 3. The molecular weight excluding hydrogens is 469 g/mol. The number of nitrogens with two attached hydrogens (primary N) is 1. The van der Waals surface area contributed by atoms with E-state index in [2.05, 4.69) is 40.4 Å². The Balaban J connectivity index is 1.76. The fourth-order valence-electron chi connectivity index (χ4n) is 5.07. The SMILES string of the molecule is C[C@@H]1C[C@H](n2c(Nc3ccc(OC(F)(F)F)cc3)nc3cc(S(N)(=O)=O)ccc32)CC(C)(C)C1. The first-order valence-corrected chi connectivity index (χ1v) is 12.4. The van der Waals surface area contributed by atoms with Crippen molar-refractivity contribution in [2.45, 2.75) is 57.3 Å². The summed E-state index contributed by atoms with van der Waals surface area (Å²) in [4.78, 5) is 4.59. The molecular formula is C23H27F3N4O3S. The molecule has 1 aromatic heterocycles. The summed E-state index contributed by atoms with van der Waals surface area (Å²) < 4.78 is 67.1. The highest BCUT2D eigenvalue weighted by atomic mass is 32.2. The number of primary sulfonamides is 1. The van der Waals surface area contributed by atoms with E-state index in [4.69, 9.17) is 5.14 Å². The number of nitrogens with one attached hydrogen (secondary N) is 1. The summed E-state index contributed by atoms with van der Waals surface area (Å²) >= 11 is 0. The van der Waals surface area contributed by atoms with Crippen molar-refractivity contribution in [2.75, 3.05) is 5.32 Å². The summed E-state index contributed by atoms with van der Waals surface area (Å²) in [6, 6.07) is 10.0. The second-order valence-corrected chi connectivity index (χ2v) is 11.3. The molecule has 1 aliphatic rings. The zero-order valence-electron chi connectivity index (χ0n) is 19.1. The third-order valence-electron chi connectivity index (χ3n) is 6.06. The minimum absolute atomic E-state index is 0.0396. The zero-order valence-corrected chi connectivity index (χ0v) is 19.9. The van der Waals surface area contributed by atoms with Crippen LogP contribution in [0.5, 0.6) is 5.75 Å². The van der Waals surface area contributed by atoms with Gasteiger partial charge in [-0.2, -0.15) is 0 Å². The molecule has 0 saturated heterocycles. The van der Waals surface area contributed by atoms with E-state index in [1.807, 2.05) is 0 Å². The highest BCUT2D eigenvalue weighted by Gasteiger charge is 2.35. The van der Waals surface area contributed by atoms with E-state index in [-0.39, 0.29) is 22.1 Å². The number of anilines is 2. The molecule has 0 amide bonds. The smallest absolute Gasteiger partial charge is 0.406 e. The molecule has 3 N–H and O–H groups in total. The molecule has 34 heavy (non-hydrogen) atoms. The topological polar surface area (TPSA) is 99.2 Å². The number of alkyl halides is 3. The highest BCUT2D eigenvalue weighted by Crippen LogP contribution is 2.46. The van der Waals surface area contributed by atoms with E-state index in [1.165, 1.54) is 36.4 Å². The summed E-state index contributed by atoms with van der Waals surface area (Å²) in [7, 11) is -3.90. The minimum Gasteiger partial charge on any atom is -0.406 e. The van der Waals surface area contributed by atoms with Crippen molar-refractivity contribution < 1.29 is 26.3 Å². The molecule has 2 aromatic carbocycles. The third-order valence-corrected chi connectivity index (χ3v) is 6.97. The van der Waals surface area contributed by atoms with Gasteiger partial charge in [-0.05, 0) is 73.1 Å². The number of hydrogen-bond acceptors (Lipinski definition) is 5. The molecule has 1 heterocycles. The van der Waals surface area contributed by atoms with Gasteiger partial charge in [-0.1, -0.05) is 20.8 Å². The van der Waals surface area contributed by atoms with Crippen LogP contribution in [0.4, 0.5) is 24.8 Å². The van der Waals surface area contributed by atoms with Crippen LogP contribution in [0.15, 0.2) is 47.4 Å². The quantitative estimate of drug-likeness (QED) is 0.471. The number of nitrogens with zero attached hydrogens (tertiary/aromatic N) is 2. The van der Waals surface area contributed by atoms with Crippen molar-refractivity contribution in [1.82, 2.24) is 9.55 Å². The maximum atomic E-state index is 12.5. The van der Waals surface area contributed by atoms with E-state index >= 15 is 0 Å². The minimum atomic E-state index is -4.77. The average Bonchev–Trinajstić information content (AvgIpc) is 3.03. The molecule has 0 bridgehead atoms. The summed E-state index contributed by atoms with van der Waals surface area (Å²) in [5, 5.41) is 8.48. The Morgan fingerprint density at radius 2 is 1.82 bits per heavy atom. The lowest BCUT2D eigenvalue weighted by atomic mass is 9.70. The van der Waals surface area contributed by atoms with Gasteiger partial charge in [-0.3, -0.25) is 0 Å². The van der Waals surface area contributed by atoms with Crippen LogP contribution in [-0.4, -0.2) is 24.3 Å². The van der Waals surface area contributed by atoms with E-state index in [9.17, 15) is 21.6 Å². The van der Waals surface area contributed by atoms with E-state index in [1.54, 1.807) is 6.07 Å². The molecule has 4 rings (SSSR count). The molecule has 0 aliphatic heterocycles. The first-order chi connectivity index (χ1) is 15.7. The van der Waals surface area contributed by atoms with Gasteiger partial charge in [0, 0.05) is 11.7 Å². The monoisotopic (exact) mass is 496 g/mol. The van der Waals surface area contributed by atoms with Crippen LogP contribution >= 0.6 is 0 Å². The van der Waals surface area contributed by atoms with Crippen molar-refractivity contribution in [1.29, 1.82) is 0 Å². The van der Waals surface area contributed by atoms with Gasteiger partial charge in [-0.25, -0.2) is 18.5 Å². The number of rotatable bonds is 5. The van der Waals surface area contributed by atoms with Gasteiger partial charge in [0.2, 0.25) is 16.0 Å². The molecule has 11 heteroatoms. The Morgan fingerprint density at radius 1 is 1.15 bits per heavy atom. The Hall–Kier alpha value is -2.79. The number of ether oxygens (including phenoxy) is 1. The average molecular weight is 497 g/mol. The second kappa shape index (κ2) is 8.46. The van der Waals surface area contributed by atoms with Crippen LogP contribution in [0.3, 0.4) is 0 Å². The molecule has 1 aliphatic carbocycles. The fourth-order valence-corrected chi connectivity index (χ4v) is 5.61. The molecule has 0 unspecified atom stereocenters. The van der Waals surface area contributed by atoms with Gasteiger partial charge >= 0.3 is 6.36 Å². The number of hydrogen-bond donors (Lipinski definition) is 2. The van der Waals surface area contributed by atoms with Gasteiger partial charge < -0.3 is 14.6 Å². The van der Waals surface area contributed by atoms with Crippen molar-refractivity contribution >= 4 is 32.7 Å². The predicted octanol–water partition coefficient (Wildman–Crippen LogP) is 5.71. The lowest BCUT2D eigenvalue weighted by Crippen LogP contribution is -2.29. The van der Waals surface area contributed by atoms with E-state index < -0.39 is 16.4 Å². The lowest BCUT2D eigenvalue weighted by Gasteiger charge is -2.40. The van der Waals surface area contributed by atoms with Crippen molar-refractivity contribution in [2.24, 2.45) is 16.5 Å². The number of sulfonamides is 1. The van der Waals surface area contributed by atoms with Gasteiger partial charge in [0.15, 0.2) is 0 Å². The summed E-state index contributed by atoms with van der Waals surface area (Å²) in [6.45, 7) is 6.65. The molecule has 3 aromatic rings. The highest BCUT2D eigenvalue weighted by molar-refractivity contribution is 7.89. The van der Waals surface area contributed by atoms with Crippen LogP contribution in [0.2, 0.25) is 0 Å². The summed E-state index contributed by atoms with van der Waals surface area (Å²) in [5.74, 6) is 0.620. The number of aromatic nitrogens is 2. The van der Waals surface area contributed by atoms with E-state index in [0.29, 0.717) is 23.1 Å². The Bertz CT molecular complexity index is 1300. The summed E-state index contributed by atoms with van der Waals surface area (Å²) in [6.07, 6.45) is -1.87. The number of imidazole rings is 1. The van der Waals surface area contributed by atoms with Gasteiger partial charge in [-0.15, -0.1) is 13.2 Å². The molecule has 0 spiro atoms. The van der Waals surface area contributed by atoms with Crippen LogP contribution in [0.25, 0.3) is 11.0 Å². The van der Waals surface area contributed by atoms with Crippen molar-refractivity contribution in [3.8, 4) is 5.75 Å². The molecule has 0 radical (unpaired) electrons. The van der Waals surface area contributed by atoms with Crippen LogP contribution < -0.4 is 15.2 Å². The Kier molecular flexibility index (Phi) is 6.05. The summed E-state index contributed by atoms with van der Waals surface area (Å²) in [5.41, 5.74) is 1.83. The lowest BCUT2D eigenvalue weighted by molar-refractivity contribution is -0.274. The standard InChI is InChI=1S/C23H27F3N4O3S/c1-14-10-16(13-22(2,3)12-14)30-20-9-8-18(34(27,31)32)11-19(20)29-21(30)28-15-4-6-17(7-5-15)33-23(24,25)26/h4-9,11,14,16H,10,12-13H2,1-3H3,(H,28,29)(H2,27,31,32)/t14-,16+/m1/s1. The maximum Gasteiger partial charge on any atom is 0.573 e. The molecule has 184 valence electrons. The van der Waals surface area contributed by atoms with Crippen molar-refractivity contribution in [3.05, 3.63) is 42.5 Å². The van der Waals surface area contributed by atoms with Crippen LogP contribution in [0.1, 0.15) is 46.1 Å². The molecule has 2 atom stereocenters. The molecule has 1 saturated carbocycles. The van der Waals surface area contributed by atoms with Crippen LogP contribution in [-0.2, 0) is 10.0 Å². The van der Waals surface area contributed by atoms with Crippen LogP contribution in [0, 0.1) is 11.3 Å². The van der Waals surface area contributed by atoms with Gasteiger partial charge in [0.1, 0.15) is 5.75 Å². The second-order valence-electron chi connectivity index (χ2n) is 9.77. The first kappa shape index (κ1) is 24.3. The zero-order chi connectivity index (χ0) is 24.9. The normalized spacial score (nSPS) is 20.9. The van der Waals surface area contributed by atoms with Gasteiger partial charge in [0.05, 0.1) is 15.9 Å². The third kappa shape index (κ3) is 5.47. The maximum absolute atomic E-state index is 12.5. The molecule has 7 nitrogen and oxygen atoms in total. The van der Waals surface area contributed by atoms with Crippen molar-refractivity contribution in [3.63, 3.8) is 0 Å². The first-order valence-electron chi connectivity index (χ1n) is 10.9.